The zero-order valence-corrected chi connectivity index (χ0v) is 15.7. The van der Waals surface area contributed by atoms with Crippen LogP contribution in [-0.4, -0.2) is 25.1 Å². The lowest BCUT2D eigenvalue weighted by Crippen LogP contribution is -2.22. The number of nitrogens with zero attached hydrogens (tertiary/aromatic N) is 4. The Bertz CT molecular complexity index is 1160. The second-order valence-corrected chi connectivity index (χ2v) is 7.17. The quantitative estimate of drug-likeness (QED) is 0.556. The number of rotatable bonds is 6. The van der Waals surface area contributed by atoms with E-state index in [4.69, 9.17) is 0 Å². The summed E-state index contributed by atoms with van der Waals surface area (Å²) in [7, 11) is 0. The molecule has 0 unspecified atom stereocenters. The number of aryl methyl sites for hydroxylation is 2. The van der Waals surface area contributed by atoms with E-state index in [1.54, 1.807) is 4.57 Å². The number of anilines is 1. The minimum absolute atomic E-state index is 0.0323. The lowest BCUT2D eigenvalue weighted by molar-refractivity contribution is -0.116. The van der Waals surface area contributed by atoms with Crippen LogP contribution in [0.5, 0.6) is 0 Å². The van der Waals surface area contributed by atoms with Gasteiger partial charge in [-0.25, -0.2) is 0 Å². The second kappa shape index (κ2) is 7.32. The predicted octanol–water partition coefficient (Wildman–Crippen LogP) is 3.09. The number of para-hydroxylation sites is 1. The number of thiophene rings is 1. The molecule has 138 valence electrons. The van der Waals surface area contributed by atoms with E-state index in [1.807, 2.05) is 53.1 Å². The third-order valence-electron chi connectivity index (χ3n) is 4.36. The second-order valence-electron chi connectivity index (χ2n) is 6.26. The van der Waals surface area contributed by atoms with Crippen LogP contribution in [0.4, 0.5) is 5.69 Å². The van der Waals surface area contributed by atoms with Crippen LogP contribution >= 0.6 is 11.3 Å². The van der Waals surface area contributed by atoms with Crippen LogP contribution in [0.3, 0.4) is 0 Å². The molecule has 1 amide bonds. The predicted molar refractivity (Wildman–Crippen MR) is 106 cm³/mol. The molecule has 0 radical (unpaired) electrons. The SMILES string of the molecule is CCCn1c(=O)c2sccc2n2c(CCC(=O)Nc3ccccc3)nnc12. The number of carbonyl (C=O) groups excluding carboxylic acids is 1. The monoisotopic (exact) mass is 381 g/mol. The maximum absolute atomic E-state index is 12.7. The third-order valence-corrected chi connectivity index (χ3v) is 5.25. The van der Waals surface area contributed by atoms with Gasteiger partial charge in [-0.1, -0.05) is 25.1 Å². The topological polar surface area (TPSA) is 81.3 Å². The molecular formula is C19H19N5O2S. The molecule has 8 heteroatoms. The summed E-state index contributed by atoms with van der Waals surface area (Å²) in [4.78, 5) is 25.0. The Morgan fingerprint density at radius 1 is 1.19 bits per heavy atom. The van der Waals surface area contributed by atoms with E-state index in [1.165, 1.54) is 11.3 Å². The smallest absolute Gasteiger partial charge is 0.272 e. The molecule has 3 aromatic heterocycles. The fourth-order valence-corrected chi connectivity index (χ4v) is 3.96. The molecule has 7 nitrogen and oxygen atoms in total. The molecule has 4 rings (SSSR count). The molecular weight excluding hydrogens is 362 g/mol. The normalized spacial score (nSPS) is 11.3. The highest BCUT2D eigenvalue weighted by molar-refractivity contribution is 7.17. The van der Waals surface area contributed by atoms with Gasteiger partial charge < -0.3 is 5.32 Å². The van der Waals surface area contributed by atoms with Gasteiger partial charge in [0, 0.05) is 25.1 Å². The van der Waals surface area contributed by atoms with Crippen LogP contribution < -0.4 is 10.9 Å². The molecule has 1 N–H and O–H groups in total. The van der Waals surface area contributed by atoms with Gasteiger partial charge in [0.25, 0.3) is 5.56 Å². The van der Waals surface area contributed by atoms with Gasteiger partial charge in [0.15, 0.2) is 0 Å². The molecule has 0 saturated carbocycles. The Kier molecular flexibility index (Phi) is 4.72. The van der Waals surface area contributed by atoms with E-state index in [9.17, 15) is 9.59 Å². The molecule has 0 fully saturated rings. The average Bonchev–Trinajstić information content (AvgIpc) is 3.31. The average molecular weight is 381 g/mol. The van der Waals surface area contributed by atoms with E-state index in [2.05, 4.69) is 15.5 Å². The van der Waals surface area contributed by atoms with Crippen molar-refractivity contribution in [3.8, 4) is 0 Å². The van der Waals surface area contributed by atoms with E-state index in [-0.39, 0.29) is 17.9 Å². The number of benzene rings is 1. The van der Waals surface area contributed by atoms with Gasteiger partial charge in [-0.05, 0) is 30.0 Å². The van der Waals surface area contributed by atoms with E-state index < -0.39 is 0 Å². The van der Waals surface area contributed by atoms with Crippen LogP contribution in [0.25, 0.3) is 16.0 Å². The maximum Gasteiger partial charge on any atom is 0.272 e. The number of carbonyl (C=O) groups is 1. The van der Waals surface area contributed by atoms with E-state index >= 15 is 0 Å². The van der Waals surface area contributed by atoms with Gasteiger partial charge in [-0.15, -0.1) is 21.5 Å². The Morgan fingerprint density at radius 3 is 2.78 bits per heavy atom. The first kappa shape index (κ1) is 17.4. The number of amides is 1. The molecule has 0 saturated heterocycles. The molecule has 3 heterocycles. The first-order valence-electron chi connectivity index (χ1n) is 8.88. The molecule has 0 spiro atoms. The first-order valence-corrected chi connectivity index (χ1v) is 9.76. The molecule has 0 aliphatic heterocycles. The van der Waals surface area contributed by atoms with Gasteiger partial charge in [-0.3, -0.25) is 18.6 Å². The summed E-state index contributed by atoms with van der Waals surface area (Å²) in [5.41, 5.74) is 1.54. The van der Waals surface area contributed by atoms with Crippen molar-refractivity contribution in [3.63, 3.8) is 0 Å². The van der Waals surface area contributed by atoms with Crippen molar-refractivity contribution in [3.05, 3.63) is 58.0 Å². The van der Waals surface area contributed by atoms with Crippen LogP contribution in [0, 0.1) is 0 Å². The zero-order valence-electron chi connectivity index (χ0n) is 14.9. The van der Waals surface area contributed by atoms with Crippen molar-refractivity contribution in [2.75, 3.05) is 5.32 Å². The van der Waals surface area contributed by atoms with Crippen molar-refractivity contribution < 1.29 is 4.79 Å². The third kappa shape index (κ3) is 3.23. The Hall–Kier alpha value is -3.00. The van der Waals surface area contributed by atoms with Gasteiger partial charge in [0.05, 0.1) is 5.52 Å². The Morgan fingerprint density at radius 2 is 2.00 bits per heavy atom. The standard InChI is InChI=1S/C19H19N5O2S/c1-2-11-23-18(26)17-14(10-12-27-17)24-15(21-22-19(23)24)8-9-16(25)20-13-6-4-3-5-7-13/h3-7,10,12H,2,8-9,11H2,1H3,(H,20,25). The fourth-order valence-electron chi connectivity index (χ4n) is 3.14. The number of hydrogen-bond acceptors (Lipinski definition) is 5. The number of aromatic nitrogens is 4. The number of nitrogens with one attached hydrogen (secondary N) is 1. The van der Waals surface area contributed by atoms with Gasteiger partial charge >= 0.3 is 0 Å². The highest BCUT2D eigenvalue weighted by atomic mass is 32.1. The number of hydrogen-bond donors (Lipinski definition) is 1. The summed E-state index contributed by atoms with van der Waals surface area (Å²) in [5, 5.41) is 13.3. The molecule has 0 atom stereocenters. The zero-order chi connectivity index (χ0) is 18.8. The summed E-state index contributed by atoms with van der Waals surface area (Å²) >= 11 is 1.42. The highest BCUT2D eigenvalue weighted by Gasteiger charge is 2.17. The Labute approximate surface area is 159 Å². The minimum Gasteiger partial charge on any atom is -0.326 e. The molecule has 0 aliphatic rings. The highest BCUT2D eigenvalue weighted by Crippen LogP contribution is 2.20. The summed E-state index contributed by atoms with van der Waals surface area (Å²) in [5.74, 6) is 1.13. The van der Waals surface area contributed by atoms with Crippen LogP contribution in [0.1, 0.15) is 25.6 Å². The van der Waals surface area contributed by atoms with Crippen molar-refractivity contribution in [1.29, 1.82) is 0 Å². The van der Waals surface area contributed by atoms with Crippen molar-refractivity contribution in [2.24, 2.45) is 0 Å². The van der Waals surface area contributed by atoms with Crippen molar-refractivity contribution in [2.45, 2.75) is 32.7 Å². The summed E-state index contributed by atoms with van der Waals surface area (Å²) in [6.45, 7) is 2.61. The van der Waals surface area contributed by atoms with Gasteiger partial charge in [0.1, 0.15) is 10.5 Å². The fraction of sp³-hybridized carbons (Fsp3) is 0.263. The maximum atomic E-state index is 12.7. The lowest BCUT2D eigenvalue weighted by Gasteiger charge is -2.08. The largest absolute Gasteiger partial charge is 0.326 e. The van der Waals surface area contributed by atoms with Crippen LogP contribution in [0.2, 0.25) is 0 Å². The van der Waals surface area contributed by atoms with E-state index in [0.717, 1.165) is 17.6 Å². The molecule has 0 aliphatic carbocycles. The molecule has 0 bridgehead atoms. The molecule has 4 aromatic rings. The van der Waals surface area contributed by atoms with Gasteiger partial charge in [-0.2, -0.15) is 0 Å². The Balaban J connectivity index is 1.65. The lowest BCUT2D eigenvalue weighted by atomic mass is 10.2. The summed E-state index contributed by atoms with van der Waals surface area (Å²) < 4.78 is 4.25. The van der Waals surface area contributed by atoms with Crippen molar-refractivity contribution in [1.82, 2.24) is 19.2 Å². The van der Waals surface area contributed by atoms with Crippen LogP contribution in [-0.2, 0) is 17.8 Å². The van der Waals surface area contributed by atoms with Gasteiger partial charge in [0.2, 0.25) is 11.7 Å². The van der Waals surface area contributed by atoms with E-state index in [0.29, 0.717) is 29.3 Å². The number of fused-ring (bicyclic) bond motifs is 3. The van der Waals surface area contributed by atoms with Crippen molar-refractivity contribution >= 4 is 38.9 Å². The summed E-state index contributed by atoms with van der Waals surface area (Å²) in [6, 6.07) is 11.3. The van der Waals surface area contributed by atoms with Crippen LogP contribution in [0.15, 0.2) is 46.6 Å². The first-order chi connectivity index (χ1) is 13.2. The molecule has 27 heavy (non-hydrogen) atoms. The molecule has 1 aromatic carbocycles. The minimum atomic E-state index is -0.0820. The summed E-state index contributed by atoms with van der Waals surface area (Å²) in [6.07, 6.45) is 1.55.